The Bertz CT molecular complexity index is 2240. The third-order valence-electron chi connectivity index (χ3n) is 13.9. The standard InChI is InChI=1S/C51H58N4O5/c1-30(2)41(27-45(56)60-5)51(59)55-23-9-12-44(55)42-25-39(28-52-42)34-17-13-32(14-18-34)33-15-19-35(20-16-33)40-26-43(53-29-40)46-37-21-22-38(24-37)47(46)50(58)54-48(31(3)4)49(57)36-10-7-6-8-11-36/h6-8,10-11,13-20,28-31,37-38,41,44,46-48H,9,12,21-27H2,1-5H3,(H,54,58)/t37-,38+,41-,44-,46-,47+,48+/m0/s1. The number of esters is 1. The SMILES string of the molecule is COC(=O)C[C@H](C(=O)N1CCC[C@H]1C1=NC=C(c2ccc(-c3ccc(C4=CN=C([C@@H]5[C@H]6CC[C@H](C6)[C@H]5C(=O)N[C@@H](C(=O)c5ccccc5)C(C)C)C4)cc3)cc2)C1)C(C)C. The molecule has 2 amide bonds. The van der Waals surface area contributed by atoms with Crippen molar-refractivity contribution in [3.8, 4) is 11.1 Å². The van der Waals surface area contributed by atoms with Crippen LogP contribution in [0.15, 0.2) is 101 Å². The first-order valence-corrected chi connectivity index (χ1v) is 22.0. The van der Waals surface area contributed by atoms with Crippen molar-refractivity contribution < 1.29 is 23.9 Å². The Morgan fingerprint density at radius 3 is 1.92 bits per heavy atom. The molecule has 2 saturated carbocycles. The minimum Gasteiger partial charge on any atom is -0.469 e. The van der Waals surface area contributed by atoms with Crippen LogP contribution in [-0.4, -0.2) is 65.6 Å². The van der Waals surface area contributed by atoms with Crippen molar-refractivity contribution in [3.63, 3.8) is 0 Å². The van der Waals surface area contributed by atoms with Crippen LogP contribution in [0.25, 0.3) is 22.3 Å². The van der Waals surface area contributed by atoms with Crippen LogP contribution in [0.2, 0.25) is 0 Å². The summed E-state index contributed by atoms with van der Waals surface area (Å²) >= 11 is 0. The van der Waals surface area contributed by atoms with Crippen molar-refractivity contribution in [3.05, 3.63) is 108 Å². The topological polar surface area (TPSA) is 118 Å². The van der Waals surface area contributed by atoms with Crippen LogP contribution in [0.1, 0.15) is 101 Å². The van der Waals surface area contributed by atoms with E-state index in [0.717, 1.165) is 77.8 Å². The first-order valence-electron chi connectivity index (χ1n) is 22.0. The lowest BCUT2D eigenvalue weighted by Gasteiger charge is -2.32. The first-order chi connectivity index (χ1) is 29.0. The van der Waals surface area contributed by atoms with Crippen LogP contribution in [0.3, 0.4) is 0 Å². The molecule has 3 heterocycles. The van der Waals surface area contributed by atoms with Gasteiger partial charge in [-0.1, -0.05) is 107 Å². The molecule has 7 atom stereocenters. The smallest absolute Gasteiger partial charge is 0.306 e. The number of benzene rings is 3. The number of ether oxygens (including phenoxy) is 1. The summed E-state index contributed by atoms with van der Waals surface area (Å²) in [4.78, 5) is 65.1. The molecule has 2 bridgehead atoms. The number of ketones is 1. The summed E-state index contributed by atoms with van der Waals surface area (Å²) in [5, 5.41) is 3.22. The number of fused-ring (bicyclic) bond motifs is 2. The van der Waals surface area contributed by atoms with Crippen molar-refractivity contribution in [1.29, 1.82) is 0 Å². The van der Waals surface area contributed by atoms with Crippen molar-refractivity contribution in [2.24, 2.45) is 51.4 Å². The number of rotatable bonds is 14. The Morgan fingerprint density at radius 2 is 1.32 bits per heavy atom. The molecule has 0 spiro atoms. The highest BCUT2D eigenvalue weighted by atomic mass is 16.5. The van der Waals surface area contributed by atoms with E-state index in [1.54, 1.807) is 0 Å². The molecule has 0 aromatic heterocycles. The largest absolute Gasteiger partial charge is 0.469 e. The van der Waals surface area contributed by atoms with Crippen molar-refractivity contribution in [2.75, 3.05) is 13.7 Å². The van der Waals surface area contributed by atoms with E-state index in [-0.39, 0.29) is 59.7 Å². The normalized spacial score (nSPS) is 24.2. The molecule has 3 fully saturated rings. The number of carbonyl (C=O) groups excluding carboxylic acids is 4. The van der Waals surface area contributed by atoms with Gasteiger partial charge in [-0.2, -0.15) is 0 Å². The molecule has 9 nitrogen and oxygen atoms in total. The molecule has 1 saturated heterocycles. The Morgan fingerprint density at radius 1 is 0.733 bits per heavy atom. The van der Waals surface area contributed by atoms with Gasteiger partial charge in [0.1, 0.15) is 0 Å². The van der Waals surface area contributed by atoms with Crippen LogP contribution < -0.4 is 5.32 Å². The van der Waals surface area contributed by atoms with Crippen LogP contribution in [0.4, 0.5) is 0 Å². The molecule has 3 aromatic carbocycles. The van der Waals surface area contributed by atoms with Gasteiger partial charge in [0.2, 0.25) is 11.8 Å². The lowest BCUT2D eigenvalue weighted by Crippen LogP contribution is -2.49. The summed E-state index contributed by atoms with van der Waals surface area (Å²) in [7, 11) is 1.37. The highest BCUT2D eigenvalue weighted by molar-refractivity contribution is 6.05. The predicted molar refractivity (Wildman–Crippen MR) is 237 cm³/mol. The molecule has 9 heteroatoms. The molecular formula is C51H58N4O5. The van der Waals surface area contributed by atoms with E-state index in [1.165, 1.54) is 12.7 Å². The molecule has 2 aliphatic carbocycles. The minimum atomic E-state index is -0.563. The number of aliphatic imine (C=N–C) groups is 2. The molecule has 1 N–H and O–H groups in total. The summed E-state index contributed by atoms with van der Waals surface area (Å²) in [6.45, 7) is 8.65. The van der Waals surface area contributed by atoms with Gasteiger partial charge in [-0.25, -0.2) is 0 Å². The van der Waals surface area contributed by atoms with E-state index in [2.05, 4.69) is 53.8 Å². The van der Waals surface area contributed by atoms with Gasteiger partial charge in [0.15, 0.2) is 5.78 Å². The molecule has 0 radical (unpaired) electrons. The van der Waals surface area contributed by atoms with E-state index in [4.69, 9.17) is 14.7 Å². The van der Waals surface area contributed by atoms with Crippen LogP contribution in [0, 0.1) is 41.4 Å². The number of amides is 2. The molecule has 3 aliphatic heterocycles. The molecule has 312 valence electrons. The average molecular weight is 807 g/mol. The molecule has 60 heavy (non-hydrogen) atoms. The molecular weight excluding hydrogens is 749 g/mol. The van der Waals surface area contributed by atoms with Crippen LogP contribution in [0.5, 0.6) is 0 Å². The number of carbonyl (C=O) groups is 4. The van der Waals surface area contributed by atoms with E-state index in [1.807, 2.05) is 75.3 Å². The fourth-order valence-corrected chi connectivity index (χ4v) is 10.6. The number of Topliss-reactive ketones (excluding diaryl/α,β-unsaturated/α-hetero) is 1. The van der Waals surface area contributed by atoms with Gasteiger partial charge in [-0.15, -0.1) is 0 Å². The van der Waals surface area contributed by atoms with Crippen molar-refractivity contribution in [2.45, 2.75) is 91.1 Å². The number of hydrogen-bond donors (Lipinski definition) is 1. The zero-order chi connectivity index (χ0) is 42.1. The zero-order valence-corrected chi connectivity index (χ0v) is 35.6. The third kappa shape index (κ3) is 8.32. The second kappa shape index (κ2) is 17.6. The highest BCUT2D eigenvalue weighted by Gasteiger charge is 2.53. The van der Waals surface area contributed by atoms with E-state index in [0.29, 0.717) is 30.4 Å². The number of nitrogens with one attached hydrogen (secondary N) is 1. The van der Waals surface area contributed by atoms with E-state index in [9.17, 15) is 19.2 Å². The fourth-order valence-electron chi connectivity index (χ4n) is 10.6. The number of nitrogens with zero attached hydrogens (tertiary/aromatic N) is 3. The Labute approximate surface area is 354 Å². The number of hydrogen-bond acceptors (Lipinski definition) is 7. The van der Waals surface area contributed by atoms with Crippen molar-refractivity contribution >= 4 is 46.1 Å². The number of methoxy groups -OCH3 is 1. The maximum absolute atomic E-state index is 14.1. The maximum atomic E-state index is 14.1. The summed E-state index contributed by atoms with van der Waals surface area (Å²) in [6.07, 6.45) is 10.5. The Balaban J connectivity index is 0.872. The zero-order valence-electron chi connectivity index (χ0n) is 35.6. The van der Waals surface area contributed by atoms with Gasteiger partial charge in [0, 0.05) is 60.6 Å². The summed E-state index contributed by atoms with van der Waals surface area (Å²) in [5.74, 6) is -0.0531. The van der Waals surface area contributed by atoms with Gasteiger partial charge in [-0.3, -0.25) is 29.2 Å². The highest BCUT2D eigenvalue weighted by Crippen LogP contribution is 2.54. The van der Waals surface area contributed by atoms with E-state index >= 15 is 0 Å². The van der Waals surface area contributed by atoms with Crippen LogP contribution >= 0.6 is 0 Å². The van der Waals surface area contributed by atoms with Gasteiger partial charge < -0.3 is 15.0 Å². The van der Waals surface area contributed by atoms with Gasteiger partial charge >= 0.3 is 5.97 Å². The lowest BCUT2D eigenvalue weighted by molar-refractivity contribution is -0.148. The first kappa shape index (κ1) is 41.3. The third-order valence-corrected chi connectivity index (χ3v) is 13.9. The number of allylic oxidation sites excluding steroid dienone is 2. The Hall–Kier alpha value is -5.44. The molecule has 5 aliphatic rings. The summed E-state index contributed by atoms with van der Waals surface area (Å²) in [6, 6.07) is 26.0. The monoisotopic (exact) mass is 806 g/mol. The second-order valence-corrected chi connectivity index (χ2v) is 18.2. The summed E-state index contributed by atoms with van der Waals surface area (Å²) in [5.41, 5.74) is 9.56. The van der Waals surface area contributed by atoms with Crippen LogP contribution in [-0.2, 0) is 19.1 Å². The average Bonchev–Trinajstić information content (AvgIpc) is 4.13. The quantitative estimate of drug-likeness (QED) is 0.129. The molecule has 8 rings (SSSR count). The summed E-state index contributed by atoms with van der Waals surface area (Å²) < 4.78 is 4.89. The van der Waals surface area contributed by atoms with Gasteiger partial charge in [0.25, 0.3) is 0 Å². The molecule has 0 unspecified atom stereocenters. The van der Waals surface area contributed by atoms with Crippen molar-refractivity contribution in [1.82, 2.24) is 10.2 Å². The Kier molecular flexibility index (Phi) is 12.1. The predicted octanol–water partition coefficient (Wildman–Crippen LogP) is 9.24. The van der Waals surface area contributed by atoms with Gasteiger partial charge in [-0.05, 0) is 89.2 Å². The fraction of sp³-hybridized carbons (Fsp3) is 0.451. The maximum Gasteiger partial charge on any atom is 0.306 e. The molecule has 3 aromatic rings. The lowest BCUT2D eigenvalue weighted by atomic mass is 9.74. The minimum absolute atomic E-state index is 0.000273. The number of likely N-dealkylation sites (tertiary alicyclic amines) is 1. The van der Waals surface area contributed by atoms with E-state index < -0.39 is 12.0 Å². The second-order valence-electron chi connectivity index (χ2n) is 18.2. The van der Waals surface area contributed by atoms with Gasteiger partial charge in [0.05, 0.1) is 31.5 Å².